The van der Waals surface area contributed by atoms with Gasteiger partial charge in [0.15, 0.2) is 0 Å². The quantitative estimate of drug-likeness (QED) is 0.904. The maximum Gasteiger partial charge on any atom is 0.0410 e. The lowest BCUT2D eigenvalue weighted by molar-refractivity contribution is 0.108. The summed E-state index contributed by atoms with van der Waals surface area (Å²) >= 11 is 3.49. The number of nitrogens with zero attached hydrogens (tertiary/aromatic N) is 1. The highest BCUT2D eigenvalue weighted by molar-refractivity contribution is 9.10. The van der Waals surface area contributed by atoms with Crippen molar-refractivity contribution in [1.82, 2.24) is 10.3 Å². The molecular weight excluding hydrogens is 300 g/mol. The largest absolute Gasteiger partial charge is 0.309 e. The lowest BCUT2D eigenvalue weighted by atomic mass is 9.68. The van der Waals surface area contributed by atoms with E-state index >= 15 is 0 Å². The number of fused-ring (bicyclic) bond motifs is 2. The van der Waals surface area contributed by atoms with Crippen LogP contribution < -0.4 is 5.32 Å². The van der Waals surface area contributed by atoms with Gasteiger partial charge in [-0.05, 0) is 63.6 Å². The molecule has 0 aromatic carbocycles. The van der Waals surface area contributed by atoms with Crippen molar-refractivity contribution in [2.75, 3.05) is 0 Å². The molecule has 0 saturated heterocycles. The lowest BCUT2D eigenvalue weighted by Crippen LogP contribution is -2.49. The predicted molar refractivity (Wildman–Crippen MR) is 81.8 cm³/mol. The monoisotopic (exact) mass is 322 g/mol. The standard InChI is InChI=1S/C16H23BrN2/c1-15(2)12-4-5-16(3,7-12)14(15)19-9-11-6-13(17)10-18-8-11/h6,8,10,12,14,19H,4-5,7,9H2,1-3H3. The molecular formula is C16H23BrN2. The van der Waals surface area contributed by atoms with Crippen molar-refractivity contribution in [1.29, 1.82) is 0 Å². The van der Waals surface area contributed by atoms with Crippen LogP contribution in [0.3, 0.4) is 0 Å². The molecule has 2 saturated carbocycles. The maximum atomic E-state index is 4.24. The van der Waals surface area contributed by atoms with Gasteiger partial charge in [-0.2, -0.15) is 0 Å². The SMILES string of the molecule is CC12CCC(C1)C(C)(C)C2NCc1cncc(Br)c1. The fraction of sp³-hybridized carbons (Fsp3) is 0.688. The van der Waals surface area contributed by atoms with E-state index in [0.29, 0.717) is 16.9 Å². The summed E-state index contributed by atoms with van der Waals surface area (Å²) in [5, 5.41) is 3.83. The predicted octanol–water partition coefficient (Wildman–Crippen LogP) is 4.15. The number of nitrogens with one attached hydrogen (secondary N) is 1. The molecule has 1 N–H and O–H groups in total. The van der Waals surface area contributed by atoms with Gasteiger partial charge in [0.1, 0.15) is 0 Å². The average molecular weight is 323 g/mol. The van der Waals surface area contributed by atoms with Crippen LogP contribution in [0.1, 0.15) is 45.6 Å². The Kier molecular flexibility index (Phi) is 3.25. The van der Waals surface area contributed by atoms with Crippen LogP contribution in [-0.2, 0) is 6.54 Å². The fourth-order valence-electron chi connectivity index (χ4n) is 4.58. The second kappa shape index (κ2) is 4.56. The van der Waals surface area contributed by atoms with Gasteiger partial charge in [0.2, 0.25) is 0 Å². The third kappa shape index (κ3) is 2.25. The molecule has 0 aliphatic heterocycles. The number of hydrogen-bond acceptors (Lipinski definition) is 2. The van der Waals surface area contributed by atoms with Gasteiger partial charge in [0, 0.05) is 29.5 Å². The van der Waals surface area contributed by atoms with Gasteiger partial charge in [-0.1, -0.05) is 20.8 Å². The Balaban J connectivity index is 1.73. The van der Waals surface area contributed by atoms with E-state index in [1.54, 1.807) is 0 Å². The van der Waals surface area contributed by atoms with Gasteiger partial charge < -0.3 is 5.32 Å². The summed E-state index contributed by atoms with van der Waals surface area (Å²) in [6.45, 7) is 8.28. The molecule has 1 aromatic rings. The van der Waals surface area contributed by atoms with Crippen LogP contribution in [0.5, 0.6) is 0 Å². The smallest absolute Gasteiger partial charge is 0.0410 e. The molecule has 0 spiro atoms. The first-order valence-corrected chi connectivity index (χ1v) is 8.04. The minimum Gasteiger partial charge on any atom is -0.309 e. The van der Waals surface area contributed by atoms with Crippen LogP contribution in [-0.4, -0.2) is 11.0 Å². The Bertz CT molecular complexity index is 481. The zero-order valence-corrected chi connectivity index (χ0v) is 13.6. The molecule has 3 heteroatoms. The Hall–Kier alpha value is -0.410. The summed E-state index contributed by atoms with van der Waals surface area (Å²) < 4.78 is 1.06. The summed E-state index contributed by atoms with van der Waals surface area (Å²) in [6.07, 6.45) is 8.00. The molecule has 2 aliphatic carbocycles. The Morgan fingerprint density at radius 2 is 2.16 bits per heavy atom. The zero-order valence-electron chi connectivity index (χ0n) is 12.0. The van der Waals surface area contributed by atoms with E-state index in [9.17, 15) is 0 Å². The molecule has 2 aliphatic rings. The molecule has 0 radical (unpaired) electrons. The average Bonchev–Trinajstić information content (AvgIpc) is 2.80. The molecule has 1 aromatic heterocycles. The highest BCUT2D eigenvalue weighted by Crippen LogP contribution is 2.62. The van der Waals surface area contributed by atoms with E-state index in [0.717, 1.165) is 16.9 Å². The third-order valence-corrected chi connectivity index (χ3v) is 5.98. The minimum absolute atomic E-state index is 0.423. The van der Waals surface area contributed by atoms with Gasteiger partial charge in [0.25, 0.3) is 0 Å². The molecule has 3 atom stereocenters. The van der Waals surface area contributed by atoms with Crippen molar-refractivity contribution in [2.24, 2.45) is 16.7 Å². The first kappa shape index (κ1) is 13.6. The topological polar surface area (TPSA) is 24.9 Å². The van der Waals surface area contributed by atoms with Gasteiger partial charge in [-0.25, -0.2) is 0 Å². The van der Waals surface area contributed by atoms with Crippen LogP contribution in [0.4, 0.5) is 0 Å². The van der Waals surface area contributed by atoms with Crippen molar-refractivity contribution >= 4 is 15.9 Å². The highest BCUT2D eigenvalue weighted by atomic mass is 79.9. The summed E-state index contributed by atoms with van der Waals surface area (Å²) in [5.41, 5.74) is 2.18. The van der Waals surface area contributed by atoms with E-state index in [-0.39, 0.29) is 0 Å². The molecule has 3 rings (SSSR count). The second-order valence-corrected chi connectivity index (χ2v) is 8.16. The molecule has 1 heterocycles. The third-order valence-electron chi connectivity index (χ3n) is 5.54. The van der Waals surface area contributed by atoms with E-state index in [2.05, 4.69) is 53.1 Å². The number of rotatable bonds is 3. The van der Waals surface area contributed by atoms with Crippen molar-refractivity contribution in [3.05, 3.63) is 28.5 Å². The summed E-state index contributed by atoms with van der Waals surface area (Å²) in [4.78, 5) is 4.24. The van der Waals surface area contributed by atoms with Gasteiger partial charge in [-0.3, -0.25) is 4.98 Å². The van der Waals surface area contributed by atoms with E-state index in [1.807, 2.05) is 12.4 Å². The van der Waals surface area contributed by atoms with Crippen LogP contribution in [0.15, 0.2) is 22.9 Å². The second-order valence-electron chi connectivity index (χ2n) is 7.24. The fourth-order valence-corrected chi connectivity index (χ4v) is 5.00. The van der Waals surface area contributed by atoms with Crippen molar-refractivity contribution < 1.29 is 0 Å². The summed E-state index contributed by atoms with van der Waals surface area (Å²) in [7, 11) is 0. The molecule has 2 nitrogen and oxygen atoms in total. The Labute approximate surface area is 124 Å². The van der Waals surface area contributed by atoms with Crippen LogP contribution in [0.25, 0.3) is 0 Å². The Morgan fingerprint density at radius 3 is 2.79 bits per heavy atom. The number of halogens is 1. The van der Waals surface area contributed by atoms with Crippen molar-refractivity contribution in [3.63, 3.8) is 0 Å². The normalized spacial score (nSPS) is 35.8. The van der Waals surface area contributed by atoms with E-state index in [1.165, 1.54) is 24.8 Å². The number of aromatic nitrogens is 1. The van der Waals surface area contributed by atoms with Crippen molar-refractivity contribution in [2.45, 2.75) is 52.6 Å². The summed E-state index contributed by atoms with van der Waals surface area (Å²) in [6, 6.07) is 2.78. The van der Waals surface area contributed by atoms with Crippen molar-refractivity contribution in [3.8, 4) is 0 Å². The molecule has 104 valence electrons. The lowest BCUT2D eigenvalue weighted by Gasteiger charge is -2.43. The maximum absolute atomic E-state index is 4.24. The van der Waals surface area contributed by atoms with Crippen LogP contribution in [0.2, 0.25) is 0 Å². The number of pyridine rings is 1. The molecule has 0 amide bonds. The first-order chi connectivity index (χ1) is 8.92. The first-order valence-electron chi connectivity index (χ1n) is 7.25. The molecule has 19 heavy (non-hydrogen) atoms. The van der Waals surface area contributed by atoms with Gasteiger partial charge in [-0.15, -0.1) is 0 Å². The van der Waals surface area contributed by atoms with Gasteiger partial charge >= 0.3 is 0 Å². The Morgan fingerprint density at radius 1 is 1.37 bits per heavy atom. The van der Waals surface area contributed by atoms with E-state index in [4.69, 9.17) is 0 Å². The van der Waals surface area contributed by atoms with Gasteiger partial charge in [0.05, 0.1) is 0 Å². The zero-order chi connectivity index (χ0) is 13.7. The molecule has 3 unspecified atom stereocenters. The highest BCUT2D eigenvalue weighted by Gasteiger charge is 2.58. The molecule has 2 fully saturated rings. The van der Waals surface area contributed by atoms with Crippen LogP contribution >= 0.6 is 15.9 Å². The van der Waals surface area contributed by atoms with E-state index < -0.39 is 0 Å². The molecule has 2 bridgehead atoms. The number of hydrogen-bond donors (Lipinski definition) is 1. The van der Waals surface area contributed by atoms with Crippen LogP contribution in [0, 0.1) is 16.7 Å². The summed E-state index contributed by atoms with van der Waals surface area (Å²) in [5.74, 6) is 0.899. The minimum atomic E-state index is 0.423.